The van der Waals surface area contributed by atoms with Crippen LogP contribution in [-0.4, -0.2) is 18.4 Å². The Labute approximate surface area is 149 Å². The molecule has 0 unspecified atom stereocenters. The summed E-state index contributed by atoms with van der Waals surface area (Å²) in [6.45, 7) is 5.90. The van der Waals surface area contributed by atoms with E-state index in [-0.39, 0.29) is 18.4 Å². The normalized spacial score (nSPS) is 10.2. The zero-order valence-electron chi connectivity index (χ0n) is 13.9. The van der Waals surface area contributed by atoms with Crippen molar-refractivity contribution in [1.82, 2.24) is 10.9 Å². The smallest absolute Gasteiger partial charge is 0.269 e. The van der Waals surface area contributed by atoms with Gasteiger partial charge in [-0.25, -0.2) is 0 Å². The molecule has 0 aliphatic heterocycles. The number of amides is 2. The first-order chi connectivity index (χ1) is 11.4. The van der Waals surface area contributed by atoms with Crippen LogP contribution >= 0.6 is 15.9 Å². The molecule has 24 heavy (non-hydrogen) atoms. The molecule has 0 aliphatic rings. The third-order valence-corrected chi connectivity index (χ3v) is 4.06. The van der Waals surface area contributed by atoms with Crippen molar-refractivity contribution in [1.29, 1.82) is 0 Å². The lowest BCUT2D eigenvalue weighted by molar-refractivity contribution is -0.120. The number of halogens is 1. The maximum atomic E-state index is 12.1. The minimum absolute atomic E-state index is 0.0729. The molecule has 0 spiro atoms. The van der Waals surface area contributed by atoms with Gasteiger partial charge in [-0.15, -0.1) is 0 Å². The van der Waals surface area contributed by atoms with Crippen molar-refractivity contribution in [2.24, 2.45) is 0 Å². The number of carbonyl (C=O) groups excluding carboxylic acids is 2. The molecule has 0 bridgehead atoms. The number of nitrogens with one attached hydrogen (secondary N) is 3. The van der Waals surface area contributed by atoms with Gasteiger partial charge in [-0.05, 0) is 56.2 Å². The fourth-order valence-corrected chi connectivity index (χ4v) is 2.78. The molecule has 0 saturated carbocycles. The Balaban J connectivity index is 1.85. The van der Waals surface area contributed by atoms with E-state index in [0.717, 1.165) is 21.3 Å². The van der Waals surface area contributed by atoms with Crippen molar-refractivity contribution in [3.05, 3.63) is 63.1 Å². The van der Waals surface area contributed by atoms with E-state index in [2.05, 4.69) is 32.1 Å². The highest BCUT2D eigenvalue weighted by molar-refractivity contribution is 9.10. The second kappa shape index (κ2) is 7.97. The van der Waals surface area contributed by atoms with Crippen LogP contribution < -0.4 is 16.2 Å². The largest absolute Gasteiger partial charge is 0.376 e. The summed E-state index contributed by atoms with van der Waals surface area (Å²) in [5, 5.41) is 3.05. The first-order valence-electron chi connectivity index (χ1n) is 7.53. The van der Waals surface area contributed by atoms with Crippen LogP contribution in [0.4, 0.5) is 5.69 Å². The summed E-state index contributed by atoms with van der Waals surface area (Å²) in [7, 11) is 0. The van der Waals surface area contributed by atoms with E-state index in [1.165, 1.54) is 5.56 Å². The molecule has 3 N–H and O–H groups in total. The molecule has 126 valence electrons. The van der Waals surface area contributed by atoms with Gasteiger partial charge >= 0.3 is 0 Å². The Morgan fingerprint density at radius 2 is 1.71 bits per heavy atom. The number of hydrazine groups is 1. The van der Waals surface area contributed by atoms with Crippen LogP contribution in [0.2, 0.25) is 0 Å². The fourth-order valence-electron chi connectivity index (χ4n) is 2.31. The molecule has 2 aromatic rings. The van der Waals surface area contributed by atoms with Crippen LogP contribution in [0.15, 0.2) is 40.9 Å². The molecule has 2 aromatic carbocycles. The topological polar surface area (TPSA) is 70.2 Å². The Kier molecular flexibility index (Phi) is 5.98. The summed E-state index contributed by atoms with van der Waals surface area (Å²) < 4.78 is 0.901. The molecule has 2 rings (SSSR count). The Morgan fingerprint density at radius 1 is 0.958 bits per heavy atom. The lowest BCUT2D eigenvalue weighted by atomic mass is 10.1. The monoisotopic (exact) mass is 389 g/mol. The van der Waals surface area contributed by atoms with Crippen LogP contribution in [0.3, 0.4) is 0 Å². The number of hydrogen-bond donors (Lipinski definition) is 3. The van der Waals surface area contributed by atoms with E-state index in [4.69, 9.17) is 0 Å². The van der Waals surface area contributed by atoms with Gasteiger partial charge in [0.2, 0.25) is 0 Å². The van der Waals surface area contributed by atoms with Gasteiger partial charge in [0, 0.05) is 15.7 Å². The van der Waals surface area contributed by atoms with Crippen LogP contribution in [0.25, 0.3) is 0 Å². The molecule has 0 aromatic heterocycles. The van der Waals surface area contributed by atoms with Gasteiger partial charge in [-0.1, -0.05) is 33.6 Å². The number of hydrogen-bond acceptors (Lipinski definition) is 3. The molecule has 2 amide bonds. The number of benzene rings is 2. The lowest BCUT2D eigenvalue weighted by Gasteiger charge is -2.12. The van der Waals surface area contributed by atoms with E-state index < -0.39 is 0 Å². The van der Waals surface area contributed by atoms with Gasteiger partial charge in [-0.2, -0.15) is 0 Å². The van der Waals surface area contributed by atoms with E-state index in [0.29, 0.717) is 5.56 Å². The SMILES string of the molecule is Cc1ccc(NCC(=O)NNC(=O)c2ccc(Br)cc2C)c(C)c1. The zero-order chi connectivity index (χ0) is 17.7. The number of rotatable bonds is 4. The quantitative estimate of drug-likeness (QED) is 0.702. The molecule has 5 nitrogen and oxygen atoms in total. The van der Waals surface area contributed by atoms with Crippen molar-refractivity contribution in [3.8, 4) is 0 Å². The summed E-state index contributed by atoms with van der Waals surface area (Å²) in [6, 6.07) is 11.3. The van der Waals surface area contributed by atoms with Crippen molar-refractivity contribution >= 4 is 33.4 Å². The molecule has 0 saturated heterocycles. The minimum Gasteiger partial charge on any atom is -0.376 e. The van der Waals surface area contributed by atoms with Crippen LogP contribution in [0, 0.1) is 20.8 Å². The highest BCUT2D eigenvalue weighted by atomic mass is 79.9. The van der Waals surface area contributed by atoms with Gasteiger partial charge in [-0.3, -0.25) is 20.4 Å². The summed E-state index contributed by atoms with van der Waals surface area (Å²) in [5.74, 6) is -0.669. The highest BCUT2D eigenvalue weighted by Gasteiger charge is 2.10. The van der Waals surface area contributed by atoms with E-state index >= 15 is 0 Å². The average molecular weight is 390 g/mol. The van der Waals surface area contributed by atoms with Gasteiger partial charge in [0.05, 0.1) is 6.54 Å². The Hall–Kier alpha value is -2.34. The number of carbonyl (C=O) groups is 2. The summed E-state index contributed by atoms with van der Waals surface area (Å²) in [5.41, 5.74) is 9.30. The summed E-state index contributed by atoms with van der Waals surface area (Å²) in [6.07, 6.45) is 0. The molecule has 6 heteroatoms. The third kappa shape index (κ3) is 4.83. The van der Waals surface area contributed by atoms with Crippen molar-refractivity contribution in [2.75, 3.05) is 11.9 Å². The average Bonchev–Trinajstić information content (AvgIpc) is 2.51. The maximum Gasteiger partial charge on any atom is 0.269 e. The van der Waals surface area contributed by atoms with Crippen molar-refractivity contribution in [3.63, 3.8) is 0 Å². The number of aryl methyl sites for hydroxylation is 3. The second-order valence-electron chi connectivity index (χ2n) is 5.63. The molecular formula is C18H20BrN3O2. The first kappa shape index (κ1) is 18.0. The second-order valence-corrected chi connectivity index (χ2v) is 6.55. The summed E-state index contributed by atoms with van der Waals surface area (Å²) in [4.78, 5) is 24.0. The fraction of sp³-hybridized carbons (Fsp3) is 0.222. The first-order valence-corrected chi connectivity index (χ1v) is 8.32. The predicted molar refractivity (Wildman–Crippen MR) is 98.9 cm³/mol. The van der Waals surface area contributed by atoms with Gasteiger partial charge < -0.3 is 5.32 Å². The minimum atomic E-state index is -0.347. The van der Waals surface area contributed by atoms with Crippen molar-refractivity contribution < 1.29 is 9.59 Å². The molecule has 0 aliphatic carbocycles. The molecule has 0 atom stereocenters. The Morgan fingerprint density at radius 3 is 2.38 bits per heavy atom. The molecule has 0 fully saturated rings. The van der Waals surface area contributed by atoms with Crippen LogP contribution in [-0.2, 0) is 4.79 Å². The van der Waals surface area contributed by atoms with Crippen molar-refractivity contribution in [2.45, 2.75) is 20.8 Å². The van der Waals surface area contributed by atoms with Gasteiger partial charge in [0.1, 0.15) is 0 Å². The highest BCUT2D eigenvalue weighted by Crippen LogP contribution is 2.16. The third-order valence-electron chi connectivity index (χ3n) is 3.57. The maximum absolute atomic E-state index is 12.1. The standard InChI is InChI=1S/C18H20BrN3O2/c1-11-4-7-16(13(3)8-11)20-10-17(23)21-22-18(24)15-6-5-14(19)9-12(15)2/h4-9,20H,10H2,1-3H3,(H,21,23)(H,22,24). The molecule has 0 radical (unpaired) electrons. The lowest BCUT2D eigenvalue weighted by Crippen LogP contribution is -2.44. The van der Waals surface area contributed by atoms with E-state index in [1.54, 1.807) is 12.1 Å². The summed E-state index contributed by atoms with van der Waals surface area (Å²) >= 11 is 3.35. The Bertz CT molecular complexity index is 775. The van der Waals surface area contributed by atoms with Gasteiger partial charge in [0.15, 0.2) is 0 Å². The van der Waals surface area contributed by atoms with Crippen LogP contribution in [0.1, 0.15) is 27.0 Å². The van der Waals surface area contributed by atoms with Gasteiger partial charge in [0.25, 0.3) is 11.8 Å². The van der Waals surface area contributed by atoms with Crippen LogP contribution in [0.5, 0.6) is 0 Å². The number of anilines is 1. The predicted octanol–water partition coefficient (Wildman–Crippen LogP) is 3.25. The molecular weight excluding hydrogens is 370 g/mol. The zero-order valence-corrected chi connectivity index (χ0v) is 15.5. The van der Waals surface area contributed by atoms with E-state index in [9.17, 15) is 9.59 Å². The molecule has 0 heterocycles. The van der Waals surface area contributed by atoms with E-state index in [1.807, 2.05) is 45.0 Å².